The summed E-state index contributed by atoms with van der Waals surface area (Å²) in [6, 6.07) is 10.1. The number of ether oxygens (including phenoxy) is 1. The Bertz CT molecular complexity index is 468. The van der Waals surface area contributed by atoms with Crippen molar-refractivity contribution in [3.63, 3.8) is 0 Å². The van der Waals surface area contributed by atoms with Crippen LogP contribution in [0, 0.1) is 5.92 Å². The molecule has 1 unspecified atom stereocenters. The lowest BCUT2D eigenvalue weighted by molar-refractivity contribution is -0.149. The second kappa shape index (κ2) is 8.29. The Morgan fingerprint density at radius 3 is 2.67 bits per heavy atom. The average Bonchev–Trinajstić information content (AvgIpc) is 2.52. The molecule has 0 radical (unpaired) electrons. The second-order valence-corrected chi connectivity index (χ2v) is 7.22. The maximum absolute atomic E-state index is 11.9. The van der Waals surface area contributed by atoms with Gasteiger partial charge in [0.05, 0.1) is 5.92 Å². The molecule has 0 bridgehead atoms. The van der Waals surface area contributed by atoms with E-state index in [0.717, 1.165) is 29.9 Å². The van der Waals surface area contributed by atoms with Gasteiger partial charge in [0.25, 0.3) is 0 Å². The SMILES string of the molecule is CC(CNC1CCS(=O)CC1)C(=O)OCc1ccccc1. The van der Waals surface area contributed by atoms with Crippen LogP contribution in [0.2, 0.25) is 0 Å². The Morgan fingerprint density at radius 2 is 2.00 bits per heavy atom. The highest BCUT2D eigenvalue weighted by atomic mass is 32.2. The van der Waals surface area contributed by atoms with Gasteiger partial charge in [0.15, 0.2) is 0 Å². The highest BCUT2D eigenvalue weighted by molar-refractivity contribution is 7.85. The third-order valence-corrected chi connectivity index (χ3v) is 5.11. The fourth-order valence-electron chi connectivity index (χ4n) is 2.30. The molecule has 0 amide bonds. The van der Waals surface area contributed by atoms with Crippen LogP contribution in [-0.2, 0) is 26.9 Å². The molecule has 1 aliphatic rings. The first-order chi connectivity index (χ1) is 10.1. The van der Waals surface area contributed by atoms with Crippen molar-refractivity contribution in [2.24, 2.45) is 5.92 Å². The Balaban J connectivity index is 1.66. The Kier molecular flexibility index (Phi) is 6.39. The van der Waals surface area contributed by atoms with Crippen LogP contribution in [-0.4, -0.2) is 34.3 Å². The molecule has 0 aliphatic carbocycles. The predicted molar refractivity (Wildman–Crippen MR) is 84.3 cm³/mol. The summed E-state index contributed by atoms with van der Waals surface area (Å²) in [5.41, 5.74) is 1.00. The molecule has 4 nitrogen and oxygen atoms in total. The Morgan fingerprint density at radius 1 is 1.33 bits per heavy atom. The quantitative estimate of drug-likeness (QED) is 0.815. The molecule has 21 heavy (non-hydrogen) atoms. The van der Waals surface area contributed by atoms with Crippen molar-refractivity contribution in [3.05, 3.63) is 35.9 Å². The zero-order chi connectivity index (χ0) is 15.1. The predicted octanol–water partition coefficient (Wildman–Crippen LogP) is 1.87. The minimum absolute atomic E-state index is 0.166. The molecule has 1 saturated heterocycles. The third kappa shape index (κ3) is 5.59. The monoisotopic (exact) mass is 309 g/mol. The van der Waals surface area contributed by atoms with Crippen molar-refractivity contribution in [2.75, 3.05) is 18.1 Å². The molecule has 2 rings (SSSR count). The number of carbonyl (C=O) groups is 1. The first kappa shape index (κ1) is 16.2. The molecule has 5 heteroatoms. The lowest BCUT2D eigenvalue weighted by atomic mass is 10.1. The molecule has 1 N–H and O–H groups in total. The first-order valence-corrected chi connectivity index (χ1v) is 8.93. The number of nitrogens with one attached hydrogen (secondary N) is 1. The van der Waals surface area contributed by atoms with Crippen LogP contribution in [0.15, 0.2) is 30.3 Å². The van der Waals surface area contributed by atoms with Gasteiger partial charge in [-0.15, -0.1) is 0 Å². The second-order valence-electron chi connectivity index (χ2n) is 5.52. The van der Waals surface area contributed by atoms with E-state index in [2.05, 4.69) is 5.32 Å². The molecule has 1 aliphatic heterocycles. The molecule has 0 saturated carbocycles. The topological polar surface area (TPSA) is 55.4 Å². The van der Waals surface area contributed by atoms with Crippen LogP contribution >= 0.6 is 0 Å². The number of hydrogen-bond donors (Lipinski definition) is 1. The van der Waals surface area contributed by atoms with Crippen LogP contribution in [0.3, 0.4) is 0 Å². The summed E-state index contributed by atoms with van der Waals surface area (Å²) in [6.07, 6.45) is 1.86. The van der Waals surface area contributed by atoms with E-state index in [4.69, 9.17) is 4.74 Å². The lowest BCUT2D eigenvalue weighted by Gasteiger charge is -2.24. The standard InChI is InChI=1S/C16H23NO3S/c1-13(11-17-15-7-9-21(19)10-8-15)16(18)20-12-14-5-3-2-4-6-14/h2-6,13,15,17H,7-12H2,1H3. The van der Waals surface area contributed by atoms with E-state index in [1.165, 1.54) is 0 Å². The fourth-order valence-corrected chi connectivity index (χ4v) is 3.59. The maximum atomic E-state index is 11.9. The summed E-state index contributed by atoms with van der Waals surface area (Å²) >= 11 is 0. The van der Waals surface area contributed by atoms with Crippen molar-refractivity contribution in [2.45, 2.75) is 32.4 Å². The van der Waals surface area contributed by atoms with Gasteiger partial charge in [-0.05, 0) is 18.4 Å². The van der Waals surface area contributed by atoms with Crippen molar-refractivity contribution >= 4 is 16.8 Å². The Hall–Kier alpha value is -1.20. The van der Waals surface area contributed by atoms with E-state index >= 15 is 0 Å². The van der Waals surface area contributed by atoms with E-state index in [9.17, 15) is 9.00 Å². The van der Waals surface area contributed by atoms with E-state index < -0.39 is 10.8 Å². The van der Waals surface area contributed by atoms with Crippen molar-refractivity contribution in [3.8, 4) is 0 Å². The molecule has 1 atom stereocenters. The van der Waals surface area contributed by atoms with Gasteiger partial charge in [0, 0.05) is 34.9 Å². The van der Waals surface area contributed by atoms with Gasteiger partial charge < -0.3 is 10.1 Å². The van der Waals surface area contributed by atoms with Gasteiger partial charge >= 0.3 is 5.97 Å². The molecule has 0 spiro atoms. The highest BCUT2D eigenvalue weighted by Gasteiger charge is 2.20. The van der Waals surface area contributed by atoms with Gasteiger partial charge in [-0.3, -0.25) is 9.00 Å². The summed E-state index contributed by atoms with van der Waals surface area (Å²) in [6.45, 7) is 2.82. The van der Waals surface area contributed by atoms with E-state index in [1.54, 1.807) is 0 Å². The number of hydrogen-bond acceptors (Lipinski definition) is 4. The third-order valence-electron chi connectivity index (χ3n) is 3.73. The first-order valence-electron chi connectivity index (χ1n) is 7.44. The van der Waals surface area contributed by atoms with Crippen molar-refractivity contribution < 1.29 is 13.7 Å². The zero-order valence-corrected chi connectivity index (χ0v) is 13.2. The molecule has 0 aromatic heterocycles. The number of benzene rings is 1. The van der Waals surface area contributed by atoms with Crippen LogP contribution in [0.25, 0.3) is 0 Å². The van der Waals surface area contributed by atoms with E-state index in [1.807, 2.05) is 37.3 Å². The summed E-state index contributed by atoms with van der Waals surface area (Å²) in [5.74, 6) is 1.20. The minimum atomic E-state index is -0.640. The summed E-state index contributed by atoms with van der Waals surface area (Å²) in [5, 5.41) is 3.39. The van der Waals surface area contributed by atoms with Gasteiger partial charge in [-0.2, -0.15) is 0 Å². The molecule has 1 aromatic rings. The lowest BCUT2D eigenvalue weighted by Crippen LogP contribution is -2.39. The Labute approximate surface area is 128 Å². The summed E-state index contributed by atoms with van der Waals surface area (Å²) in [7, 11) is -0.640. The zero-order valence-electron chi connectivity index (χ0n) is 12.4. The summed E-state index contributed by atoms with van der Waals surface area (Å²) in [4.78, 5) is 11.9. The minimum Gasteiger partial charge on any atom is -0.461 e. The van der Waals surface area contributed by atoms with Gasteiger partial charge in [0.1, 0.15) is 6.61 Å². The smallest absolute Gasteiger partial charge is 0.310 e. The van der Waals surface area contributed by atoms with Gasteiger partial charge in [0.2, 0.25) is 0 Å². The van der Waals surface area contributed by atoms with Crippen LogP contribution in [0.5, 0.6) is 0 Å². The summed E-state index contributed by atoms with van der Waals surface area (Å²) < 4.78 is 16.6. The molecule has 116 valence electrons. The normalized spacial score (nSPS) is 23.5. The van der Waals surface area contributed by atoms with E-state index in [0.29, 0.717) is 19.2 Å². The highest BCUT2D eigenvalue weighted by Crippen LogP contribution is 2.10. The van der Waals surface area contributed by atoms with Crippen LogP contribution in [0.4, 0.5) is 0 Å². The number of rotatable bonds is 6. The molecule has 1 aromatic carbocycles. The largest absolute Gasteiger partial charge is 0.461 e. The van der Waals surface area contributed by atoms with Crippen LogP contribution in [0.1, 0.15) is 25.3 Å². The number of carbonyl (C=O) groups excluding carboxylic acids is 1. The van der Waals surface area contributed by atoms with Crippen molar-refractivity contribution in [1.82, 2.24) is 5.32 Å². The number of esters is 1. The molecular formula is C16H23NO3S. The van der Waals surface area contributed by atoms with E-state index in [-0.39, 0.29) is 11.9 Å². The molecular weight excluding hydrogens is 286 g/mol. The molecule has 1 fully saturated rings. The van der Waals surface area contributed by atoms with Crippen molar-refractivity contribution in [1.29, 1.82) is 0 Å². The van der Waals surface area contributed by atoms with Crippen LogP contribution < -0.4 is 5.32 Å². The molecule has 1 heterocycles. The van der Waals surface area contributed by atoms with Gasteiger partial charge in [-0.25, -0.2) is 0 Å². The average molecular weight is 309 g/mol. The maximum Gasteiger partial charge on any atom is 0.310 e. The van der Waals surface area contributed by atoms with Gasteiger partial charge in [-0.1, -0.05) is 37.3 Å². The fraction of sp³-hybridized carbons (Fsp3) is 0.562.